The smallest absolute Gasteiger partial charge is 0.240 e. The summed E-state index contributed by atoms with van der Waals surface area (Å²) in [5.41, 5.74) is 3.10. The third-order valence-corrected chi connectivity index (χ3v) is 7.42. The van der Waals surface area contributed by atoms with Gasteiger partial charge in [-0.1, -0.05) is 0 Å². The third kappa shape index (κ3) is 3.60. The maximum atomic E-state index is 14.2. The molecule has 1 saturated carbocycles. The molecule has 1 aromatic carbocycles. The molecule has 2 fully saturated rings. The van der Waals surface area contributed by atoms with Crippen molar-refractivity contribution in [3.63, 3.8) is 0 Å². The minimum atomic E-state index is -0.702. The lowest BCUT2D eigenvalue weighted by molar-refractivity contribution is -0.124. The minimum Gasteiger partial charge on any atom is -0.497 e. The Bertz CT molecular complexity index is 1180. The average molecular weight is 460 g/mol. The number of aromatic nitrogens is 4. The van der Waals surface area contributed by atoms with E-state index < -0.39 is 5.41 Å². The van der Waals surface area contributed by atoms with Crippen LogP contribution in [0.2, 0.25) is 0 Å². The molecule has 9 heteroatoms. The molecule has 9 nitrogen and oxygen atoms in total. The lowest BCUT2D eigenvalue weighted by atomic mass is 9.77. The van der Waals surface area contributed by atoms with Gasteiger partial charge in [-0.15, -0.1) is 0 Å². The number of carbonyl (C=O) groups excluding carboxylic acids is 1. The number of aromatic amines is 1. The molecular formula is C25H29N7O2. The largest absolute Gasteiger partial charge is 0.497 e. The summed E-state index contributed by atoms with van der Waals surface area (Å²) in [4.78, 5) is 28.0. The zero-order valence-electron chi connectivity index (χ0n) is 19.3. The Hall–Kier alpha value is -3.46. The number of amides is 1. The Morgan fingerprint density at radius 2 is 2.09 bits per heavy atom. The molecule has 0 bridgehead atoms. The van der Waals surface area contributed by atoms with E-state index in [1.807, 2.05) is 41.4 Å². The van der Waals surface area contributed by atoms with E-state index in [0.29, 0.717) is 25.1 Å². The van der Waals surface area contributed by atoms with Crippen LogP contribution in [-0.4, -0.2) is 57.2 Å². The molecule has 1 spiro atoms. The van der Waals surface area contributed by atoms with E-state index in [2.05, 4.69) is 25.4 Å². The second kappa shape index (κ2) is 8.39. The van der Waals surface area contributed by atoms with Crippen LogP contribution in [0.25, 0.3) is 0 Å². The maximum absolute atomic E-state index is 14.2. The summed E-state index contributed by atoms with van der Waals surface area (Å²) in [6.07, 6.45) is 7.93. The van der Waals surface area contributed by atoms with Crippen molar-refractivity contribution >= 4 is 17.5 Å². The fourth-order valence-corrected chi connectivity index (χ4v) is 5.32. The molecule has 2 aliphatic heterocycles. The molecule has 4 heterocycles. The number of nitrogens with one attached hydrogen (secondary N) is 2. The summed E-state index contributed by atoms with van der Waals surface area (Å²) in [7, 11) is 1.64. The van der Waals surface area contributed by atoms with Crippen molar-refractivity contribution in [2.24, 2.45) is 0 Å². The van der Waals surface area contributed by atoms with Gasteiger partial charge in [0.05, 0.1) is 19.3 Å². The SMILES string of the molecule is COc1ccc(N2Cc3cnc(NC4CCC4)nc3C3(CCN(Cc4ccn[nH]4)C3)C2=O)cc1. The number of likely N-dealkylation sites (tertiary alicyclic amines) is 1. The normalized spacial score (nSPS) is 22.6. The van der Waals surface area contributed by atoms with Gasteiger partial charge < -0.3 is 15.0 Å². The van der Waals surface area contributed by atoms with E-state index in [9.17, 15) is 4.79 Å². The number of rotatable bonds is 6. The number of benzene rings is 1. The second-order valence-electron chi connectivity index (χ2n) is 9.55. The second-order valence-corrected chi connectivity index (χ2v) is 9.55. The van der Waals surface area contributed by atoms with E-state index in [1.165, 1.54) is 6.42 Å². The highest BCUT2D eigenvalue weighted by Crippen LogP contribution is 2.43. The van der Waals surface area contributed by atoms with Gasteiger partial charge in [0, 0.05) is 55.0 Å². The van der Waals surface area contributed by atoms with Crippen molar-refractivity contribution < 1.29 is 9.53 Å². The highest BCUT2D eigenvalue weighted by molar-refractivity contribution is 6.03. The fourth-order valence-electron chi connectivity index (χ4n) is 5.32. The molecule has 1 amide bonds. The topological polar surface area (TPSA) is 99.3 Å². The number of methoxy groups -OCH3 is 1. The van der Waals surface area contributed by atoms with Crippen LogP contribution >= 0.6 is 0 Å². The standard InChI is InChI=1S/C25H29N7O2/c1-34-21-7-5-20(6-8-21)32-14-17-13-26-24(28-18-3-2-4-18)29-22(17)25(23(32)33)10-12-31(16-25)15-19-9-11-27-30-19/h5-9,11,13,18H,2-4,10,12,14-16H2,1H3,(H,27,30)(H,26,28,29). The molecule has 1 atom stereocenters. The Morgan fingerprint density at radius 1 is 1.24 bits per heavy atom. The number of fused-ring (bicyclic) bond motifs is 2. The number of nitrogens with zero attached hydrogens (tertiary/aromatic N) is 5. The number of hydrogen-bond donors (Lipinski definition) is 2. The monoisotopic (exact) mass is 459 g/mol. The van der Waals surface area contributed by atoms with E-state index >= 15 is 0 Å². The van der Waals surface area contributed by atoms with Crippen LogP contribution in [0, 0.1) is 0 Å². The Morgan fingerprint density at radius 3 is 2.79 bits per heavy atom. The summed E-state index contributed by atoms with van der Waals surface area (Å²) in [5.74, 6) is 1.51. The average Bonchev–Trinajstić information content (AvgIpc) is 3.50. The van der Waals surface area contributed by atoms with E-state index in [4.69, 9.17) is 9.72 Å². The third-order valence-electron chi connectivity index (χ3n) is 7.42. The first-order valence-corrected chi connectivity index (χ1v) is 11.9. The summed E-state index contributed by atoms with van der Waals surface area (Å²) < 4.78 is 5.31. The lowest BCUT2D eigenvalue weighted by Crippen LogP contribution is -2.53. The predicted molar refractivity (Wildman–Crippen MR) is 128 cm³/mol. The fraction of sp³-hybridized carbons (Fsp3) is 0.440. The van der Waals surface area contributed by atoms with Gasteiger partial charge in [-0.2, -0.15) is 5.10 Å². The zero-order chi connectivity index (χ0) is 23.1. The first-order chi connectivity index (χ1) is 16.6. The van der Waals surface area contributed by atoms with E-state index in [0.717, 1.165) is 60.7 Å². The molecule has 3 aromatic rings. The van der Waals surface area contributed by atoms with Crippen LogP contribution in [-0.2, 0) is 23.3 Å². The van der Waals surface area contributed by atoms with Gasteiger partial charge in [0.2, 0.25) is 11.9 Å². The summed E-state index contributed by atoms with van der Waals surface area (Å²) in [5, 5.41) is 10.6. The highest BCUT2D eigenvalue weighted by atomic mass is 16.5. The van der Waals surface area contributed by atoms with Crippen LogP contribution in [0.15, 0.2) is 42.7 Å². The molecular weight excluding hydrogens is 430 g/mol. The Kier molecular flexibility index (Phi) is 5.21. The molecule has 34 heavy (non-hydrogen) atoms. The predicted octanol–water partition coefficient (Wildman–Crippen LogP) is 2.86. The van der Waals surface area contributed by atoms with Crippen molar-refractivity contribution in [2.45, 2.75) is 50.2 Å². The van der Waals surface area contributed by atoms with Gasteiger partial charge in [-0.3, -0.25) is 14.8 Å². The van der Waals surface area contributed by atoms with Crippen molar-refractivity contribution in [2.75, 3.05) is 30.4 Å². The van der Waals surface area contributed by atoms with E-state index in [-0.39, 0.29) is 5.91 Å². The van der Waals surface area contributed by atoms with Crippen LogP contribution < -0.4 is 15.0 Å². The molecule has 2 aromatic heterocycles. The number of H-pyrrole nitrogens is 1. The maximum Gasteiger partial charge on any atom is 0.240 e. The lowest BCUT2D eigenvalue weighted by Gasteiger charge is -2.40. The van der Waals surface area contributed by atoms with Crippen molar-refractivity contribution in [3.8, 4) is 5.75 Å². The number of anilines is 2. The highest BCUT2D eigenvalue weighted by Gasteiger charge is 2.53. The molecule has 1 aliphatic carbocycles. The Balaban J connectivity index is 1.36. The molecule has 176 valence electrons. The van der Waals surface area contributed by atoms with Gasteiger partial charge in [0.15, 0.2) is 0 Å². The first-order valence-electron chi connectivity index (χ1n) is 11.9. The van der Waals surface area contributed by atoms with Gasteiger partial charge in [-0.25, -0.2) is 9.97 Å². The quantitative estimate of drug-likeness (QED) is 0.585. The molecule has 1 unspecified atom stereocenters. The van der Waals surface area contributed by atoms with Crippen LogP contribution in [0.5, 0.6) is 5.75 Å². The summed E-state index contributed by atoms with van der Waals surface area (Å²) >= 11 is 0. The molecule has 3 aliphatic rings. The summed E-state index contributed by atoms with van der Waals surface area (Å²) in [6, 6.07) is 10.1. The van der Waals surface area contributed by atoms with Gasteiger partial charge in [-0.05, 0) is 56.0 Å². The molecule has 0 radical (unpaired) electrons. The number of ether oxygens (including phenoxy) is 1. The number of carbonyl (C=O) groups is 1. The van der Waals surface area contributed by atoms with Crippen molar-refractivity contribution in [1.29, 1.82) is 0 Å². The Labute approximate surface area is 198 Å². The molecule has 2 N–H and O–H groups in total. The van der Waals surface area contributed by atoms with Gasteiger partial charge >= 0.3 is 0 Å². The molecule has 6 rings (SSSR count). The van der Waals surface area contributed by atoms with Crippen LogP contribution in [0.4, 0.5) is 11.6 Å². The van der Waals surface area contributed by atoms with Crippen molar-refractivity contribution in [1.82, 2.24) is 25.1 Å². The first kappa shape index (κ1) is 21.1. The summed E-state index contributed by atoms with van der Waals surface area (Å²) in [6.45, 7) is 2.62. The zero-order valence-corrected chi connectivity index (χ0v) is 19.3. The van der Waals surface area contributed by atoms with Crippen molar-refractivity contribution in [3.05, 3.63) is 59.7 Å². The van der Waals surface area contributed by atoms with Crippen LogP contribution in [0.1, 0.15) is 42.6 Å². The van der Waals surface area contributed by atoms with Crippen LogP contribution in [0.3, 0.4) is 0 Å². The van der Waals surface area contributed by atoms with Gasteiger partial charge in [0.1, 0.15) is 11.2 Å². The van der Waals surface area contributed by atoms with Gasteiger partial charge in [0.25, 0.3) is 0 Å². The molecule has 1 saturated heterocycles. The number of hydrogen-bond acceptors (Lipinski definition) is 7. The van der Waals surface area contributed by atoms with E-state index in [1.54, 1.807) is 13.3 Å². The minimum absolute atomic E-state index is 0.102.